The van der Waals surface area contributed by atoms with E-state index in [0.29, 0.717) is 29.2 Å². The number of carbonyl (C=O) groups excluding carboxylic acids is 1. The number of carbonyl (C=O) groups is 1. The summed E-state index contributed by atoms with van der Waals surface area (Å²) in [6.45, 7) is 7.03. The van der Waals surface area contributed by atoms with E-state index >= 15 is 0 Å². The first-order valence-corrected chi connectivity index (χ1v) is 12.5. The Morgan fingerprint density at radius 3 is 2.47 bits per heavy atom. The van der Waals surface area contributed by atoms with E-state index in [1.165, 1.54) is 5.69 Å². The summed E-state index contributed by atoms with van der Waals surface area (Å²) in [4.78, 5) is 17.9. The fourth-order valence-electron chi connectivity index (χ4n) is 5.27. The third kappa shape index (κ3) is 3.93. The smallest absolute Gasteiger partial charge is 0.231 e. The fraction of sp³-hybridized carbons (Fsp3) is 0.233. The zero-order chi connectivity index (χ0) is 24.6. The first kappa shape index (κ1) is 22.4. The molecule has 36 heavy (non-hydrogen) atoms. The molecule has 0 atom stereocenters. The Bertz CT molecular complexity index is 1460. The van der Waals surface area contributed by atoms with Gasteiger partial charge >= 0.3 is 0 Å². The van der Waals surface area contributed by atoms with Gasteiger partial charge in [-0.15, -0.1) is 0 Å². The van der Waals surface area contributed by atoms with Crippen LogP contribution in [-0.4, -0.2) is 46.5 Å². The molecule has 0 unspecified atom stereocenters. The average molecular weight is 480 g/mol. The van der Waals surface area contributed by atoms with E-state index in [0.717, 1.165) is 49.2 Å². The Balaban J connectivity index is 1.25. The molecule has 3 heterocycles. The standard InChI is InChI=1S/C30H29N3O3/c1-2-32-19-21(23-10-6-7-11-26(23)32)18-28-29(35)24-12-13-27(34)25(30(24)36-28)20-31-14-16-33(17-15-31)22-8-4-3-5-9-22/h3-13,18-19,34H,2,14-17,20H2,1H3/b28-18+. The molecule has 2 aliphatic heterocycles. The van der Waals surface area contributed by atoms with Crippen LogP contribution in [0.4, 0.5) is 5.69 Å². The van der Waals surface area contributed by atoms with E-state index in [2.05, 4.69) is 63.9 Å². The number of anilines is 1. The highest BCUT2D eigenvalue weighted by molar-refractivity contribution is 6.15. The van der Waals surface area contributed by atoms with Gasteiger partial charge in [0, 0.05) is 67.6 Å². The van der Waals surface area contributed by atoms with Crippen LogP contribution in [0.15, 0.2) is 78.7 Å². The van der Waals surface area contributed by atoms with Crippen molar-refractivity contribution in [2.24, 2.45) is 0 Å². The predicted octanol–water partition coefficient (Wildman–Crippen LogP) is 5.31. The van der Waals surface area contributed by atoms with Gasteiger partial charge in [0.2, 0.25) is 5.78 Å². The number of benzene rings is 3. The lowest BCUT2D eigenvalue weighted by atomic mass is 10.0. The van der Waals surface area contributed by atoms with Crippen LogP contribution in [-0.2, 0) is 13.1 Å². The molecule has 6 rings (SSSR count). The molecule has 0 radical (unpaired) electrons. The number of aromatic nitrogens is 1. The Kier molecular flexibility index (Phi) is 5.74. The molecule has 2 aliphatic rings. The van der Waals surface area contributed by atoms with E-state index in [1.807, 2.05) is 24.3 Å². The fourth-order valence-corrected chi connectivity index (χ4v) is 5.27. The lowest BCUT2D eigenvalue weighted by Gasteiger charge is -2.36. The summed E-state index contributed by atoms with van der Waals surface area (Å²) in [5.74, 6) is 0.796. The van der Waals surface area contributed by atoms with E-state index in [9.17, 15) is 9.90 Å². The lowest BCUT2D eigenvalue weighted by molar-refractivity contribution is 0.101. The quantitative estimate of drug-likeness (QED) is 0.394. The molecule has 0 bridgehead atoms. The normalized spacial score (nSPS) is 17.1. The van der Waals surface area contributed by atoms with Crippen molar-refractivity contribution in [1.29, 1.82) is 0 Å². The largest absolute Gasteiger partial charge is 0.507 e. The number of phenols is 1. The first-order valence-electron chi connectivity index (χ1n) is 12.5. The van der Waals surface area contributed by atoms with Crippen LogP contribution >= 0.6 is 0 Å². The minimum Gasteiger partial charge on any atom is -0.507 e. The maximum Gasteiger partial charge on any atom is 0.231 e. The third-order valence-electron chi connectivity index (χ3n) is 7.24. The third-order valence-corrected chi connectivity index (χ3v) is 7.24. The monoisotopic (exact) mass is 479 g/mol. The summed E-state index contributed by atoms with van der Waals surface area (Å²) in [5, 5.41) is 11.8. The van der Waals surface area contributed by atoms with E-state index in [4.69, 9.17) is 4.74 Å². The van der Waals surface area contributed by atoms with Crippen molar-refractivity contribution in [2.45, 2.75) is 20.0 Å². The van der Waals surface area contributed by atoms with Crippen LogP contribution in [0.5, 0.6) is 11.5 Å². The maximum atomic E-state index is 13.3. The van der Waals surface area contributed by atoms with Crippen molar-refractivity contribution in [3.8, 4) is 11.5 Å². The number of aromatic hydroxyl groups is 1. The van der Waals surface area contributed by atoms with Crippen LogP contribution in [0.3, 0.4) is 0 Å². The number of allylic oxidation sites excluding steroid dienone is 1. The van der Waals surface area contributed by atoms with Crippen LogP contribution in [0, 0.1) is 0 Å². The lowest BCUT2D eigenvalue weighted by Crippen LogP contribution is -2.46. The summed E-state index contributed by atoms with van der Waals surface area (Å²) in [5.41, 5.74) is 4.49. The zero-order valence-electron chi connectivity index (χ0n) is 20.4. The van der Waals surface area contributed by atoms with Crippen molar-refractivity contribution < 1.29 is 14.6 Å². The second-order valence-corrected chi connectivity index (χ2v) is 9.37. The van der Waals surface area contributed by atoms with Crippen molar-refractivity contribution >= 4 is 28.4 Å². The molecule has 4 aromatic rings. The number of nitrogens with zero attached hydrogens (tertiary/aromatic N) is 3. The van der Waals surface area contributed by atoms with Crippen molar-refractivity contribution in [3.05, 3.63) is 95.4 Å². The summed E-state index contributed by atoms with van der Waals surface area (Å²) < 4.78 is 8.33. The number of hydrogen-bond acceptors (Lipinski definition) is 5. The van der Waals surface area contributed by atoms with Gasteiger partial charge < -0.3 is 19.3 Å². The second kappa shape index (κ2) is 9.21. The van der Waals surface area contributed by atoms with Crippen LogP contribution < -0.4 is 9.64 Å². The number of aryl methyl sites for hydroxylation is 1. The molecule has 0 saturated carbocycles. The molecule has 0 amide bonds. The van der Waals surface area contributed by atoms with Gasteiger partial charge in [-0.25, -0.2) is 0 Å². The number of ketones is 1. The van der Waals surface area contributed by atoms with Gasteiger partial charge in [0.25, 0.3) is 0 Å². The molecule has 1 aromatic heterocycles. The number of Topliss-reactive ketones (excluding diaryl/α,β-unsaturated/α-hetero) is 1. The predicted molar refractivity (Wildman–Crippen MR) is 143 cm³/mol. The summed E-state index contributed by atoms with van der Waals surface area (Å²) >= 11 is 0. The molecule has 182 valence electrons. The molecule has 6 nitrogen and oxygen atoms in total. The molecular weight excluding hydrogens is 450 g/mol. The zero-order valence-corrected chi connectivity index (χ0v) is 20.4. The molecule has 0 aliphatic carbocycles. The molecule has 1 fully saturated rings. The van der Waals surface area contributed by atoms with E-state index in [-0.39, 0.29) is 11.5 Å². The number of fused-ring (bicyclic) bond motifs is 2. The molecule has 1 saturated heterocycles. The van der Waals surface area contributed by atoms with Gasteiger partial charge in [-0.1, -0.05) is 36.4 Å². The highest BCUT2D eigenvalue weighted by Crippen LogP contribution is 2.40. The average Bonchev–Trinajstić information content (AvgIpc) is 3.44. The molecular formula is C30H29N3O3. The highest BCUT2D eigenvalue weighted by atomic mass is 16.5. The molecule has 0 spiro atoms. The topological polar surface area (TPSA) is 57.9 Å². The van der Waals surface area contributed by atoms with Gasteiger partial charge in [-0.2, -0.15) is 0 Å². The van der Waals surface area contributed by atoms with E-state index in [1.54, 1.807) is 12.1 Å². The van der Waals surface area contributed by atoms with Crippen molar-refractivity contribution in [1.82, 2.24) is 9.47 Å². The minimum absolute atomic E-state index is 0.145. The highest BCUT2D eigenvalue weighted by Gasteiger charge is 2.32. The summed E-state index contributed by atoms with van der Waals surface area (Å²) in [6, 6.07) is 21.9. The Morgan fingerprint density at radius 1 is 0.944 bits per heavy atom. The number of phenolic OH excluding ortho intramolecular Hbond substituents is 1. The number of ether oxygens (including phenoxy) is 1. The molecule has 1 N–H and O–H groups in total. The maximum absolute atomic E-state index is 13.3. The van der Waals surface area contributed by atoms with E-state index < -0.39 is 0 Å². The van der Waals surface area contributed by atoms with Gasteiger partial charge in [-0.3, -0.25) is 9.69 Å². The van der Waals surface area contributed by atoms with Gasteiger partial charge in [0.1, 0.15) is 11.5 Å². The van der Waals surface area contributed by atoms with Crippen LogP contribution in [0.25, 0.3) is 17.0 Å². The summed E-state index contributed by atoms with van der Waals surface area (Å²) in [6.07, 6.45) is 3.89. The van der Waals surface area contributed by atoms with Gasteiger partial charge in [0.05, 0.1) is 11.1 Å². The second-order valence-electron chi connectivity index (χ2n) is 9.37. The number of rotatable bonds is 5. The van der Waals surface area contributed by atoms with Crippen LogP contribution in [0.1, 0.15) is 28.4 Å². The molecule has 6 heteroatoms. The Morgan fingerprint density at radius 2 is 1.69 bits per heavy atom. The van der Waals surface area contributed by atoms with Gasteiger partial charge in [0.15, 0.2) is 5.76 Å². The SMILES string of the molecule is CCn1cc(/C=C2/Oc3c(ccc(O)c3CN3CCN(c4ccccc4)CC3)C2=O)c2ccccc21. The van der Waals surface area contributed by atoms with Crippen molar-refractivity contribution in [3.63, 3.8) is 0 Å². The first-order chi connectivity index (χ1) is 17.6. The number of hydrogen-bond donors (Lipinski definition) is 1. The number of para-hydroxylation sites is 2. The van der Waals surface area contributed by atoms with Crippen molar-refractivity contribution in [2.75, 3.05) is 31.1 Å². The van der Waals surface area contributed by atoms with Gasteiger partial charge in [-0.05, 0) is 43.3 Å². The Labute approximate surface area is 210 Å². The Hall–Kier alpha value is -4.03. The molecule has 3 aromatic carbocycles. The van der Waals surface area contributed by atoms with Crippen LogP contribution in [0.2, 0.25) is 0 Å². The summed E-state index contributed by atoms with van der Waals surface area (Å²) in [7, 11) is 0. The minimum atomic E-state index is -0.145. The number of piperazine rings is 1.